The Morgan fingerprint density at radius 1 is 1.07 bits per heavy atom. The number of nitrogens with zero attached hydrogens (tertiary/aromatic N) is 3. The van der Waals surface area contributed by atoms with Gasteiger partial charge in [-0.1, -0.05) is 43.7 Å². The van der Waals surface area contributed by atoms with Gasteiger partial charge in [0.25, 0.3) is 0 Å². The molecule has 2 heterocycles. The number of hydrogen-bond acceptors (Lipinski definition) is 4. The van der Waals surface area contributed by atoms with E-state index in [1.54, 1.807) is 0 Å². The number of carbonyl (C=O) groups excluding carboxylic acids is 1. The van der Waals surface area contributed by atoms with E-state index < -0.39 is 10.0 Å². The summed E-state index contributed by atoms with van der Waals surface area (Å²) >= 11 is 6.08. The molecule has 0 radical (unpaired) electrons. The minimum atomic E-state index is -3.66. The summed E-state index contributed by atoms with van der Waals surface area (Å²) in [5.41, 5.74) is 0.649. The second kappa shape index (κ2) is 8.90. The van der Waals surface area contributed by atoms with Gasteiger partial charge in [-0.25, -0.2) is 8.42 Å². The third-order valence-corrected chi connectivity index (χ3v) is 8.93. The monoisotopic (exact) mass is 439 g/mol. The van der Waals surface area contributed by atoms with E-state index in [0.29, 0.717) is 49.2 Å². The van der Waals surface area contributed by atoms with E-state index in [1.807, 2.05) is 4.90 Å². The first-order valence-electron chi connectivity index (χ1n) is 10.9. The fourth-order valence-electron chi connectivity index (χ4n) is 4.73. The van der Waals surface area contributed by atoms with Crippen LogP contribution in [0, 0.1) is 5.92 Å². The van der Waals surface area contributed by atoms with Gasteiger partial charge in [-0.15, -0.1) is 0 Å². The average Bonchev–Trinajstić information content (AvgIpc) is 3.20. The maximum Gasteiger partial charge on any atom is 0.245 e. The Morgan fingerprint density at radius 2 is 1.76 bits per heavy atom. The van der Waals surface area contributed by atoms with Gasteiger partial charge in [0.05, 0.1) is 10.7 Å². The molecule has 0 atom stereocenters. The van der Waals surface area contributed by atoms with Crippen LogP contribution in [0.25, 0.3) is 0 Å². The summed E-state index contributed by atoms with van der Waals surface area (Å²) in [7, 11) is -3.66. The normalized spacial score (nSPS) is 22.0. The van der Waals surface area contributed by atoms with E-state index in [4.69, 9.17) is 11.6 Å². The lowest BCUT2D eigenvalue weighted by Gasteiger charge is -2.35. The van der Waals surface area contributed by atoms with Crippen molar-refractivity contribution in [2.24, 2.45) is 5.92 Å². The zero-order valence-electron chi connectivity index (χ0n) is 16.9. The highest BCUT2D eigenvalue weighted by Gasteiger charge is 2.35. The molecule has 3 aliphatic rings. The number of piperazine rings is 1. The summed E-state index contributed by atoms with van der Waals surface area (Å²) in [6, 6.07) is 1.54. The molecular formula is C21H30ClN3O3S. The van der Waals surface area contributed by atoms with Crippen LogP contribution in [0.2, 0.25) is 5.02 Å². The Hall–Kier alpha value is -1.18. The Kier molecular flexibility index (Phi) is 6.47. The molecule has 1 aromatic heterocycles. The highest BCUT2D eigenvalue weighted by molar-refractivity contribution is 7.89. The van der Waals surface area contributed by atoms with Crippen molar-refractivity contribution in [2.45, 2.75) is 68.6 Å². The third-order valence-electron chi connectivity index (χ3n) is 6.79. The second-order valence-corrected chi connectivity index (χ2v) is 11.0. The van der Waals surface area contributed by atoms with E-state index in [-0.39, 0.29) is 16.7 Å². The number of pyridine rings is 1. The molecule has 3 fully saturated rings. The predicted octanol–water partition coefficient (Wildman–Crippen LogP) is 3.81. The predicted molar refractivity (Wildman–Crippen MR) is 112 cm³/mol. The van der Waals surface area contributed by atoms with Gasteiger partial charge in [0.15, 0.2) is 0 Å². The molecule has 2 aliphatic carbocycles. The van der Waals surface area contributed by atoms with Gasteiger partial charge >= 0.3 is 0 Å². The molecule has 0 bridgehead atoms. The third kappa shape index (κ3) is 4.62. The van der Waals surface area contributed by atoms with E-state index in [1.165, 1.54) is 42.3 Å². The molecule has 4 rings (SSSR count). The van der Waals surface area contributed by atoms with Gasteiger partial charge in [0.2, 0.25) is 15.9 Å². The Balaban J connectivity index is 1.39. The van der Waals surface area contributed by atoms with Crippen molar-refractivity contribution in [1.82, 2.24) is 14.2 Å². The average molecular weight is 440 g/mol. The van der Waals surface area contributed by atoms with Gasteiger partial charge in [-0.3, -0.25) is 9.78 Å². The summed E-state index contributed by atoms with van der Waals surface area (Å²) in [5.74, 6) is 1.06. The zero-order chi connectivity index (χ0) is 20.4. The number of rotatable bonds is 6. The molecule has 6 nitrogen and oxygen atoms in total. The van der Waals surface area contributed by atoms with E-state index in [0.717, 1.165) is 25.7 Å². The van der Waals surface area contributed by atoms with Crippen molar-refractivity contribution in [3.8, 4) is 0 Å². The molecule has 29 heavy (non-hydrogen) atoms. The quantitative estimate of drug-likeness (QED) is 0.675. The fraction of sp³-hybridized carbons (Fsp3) is 0.714. The molecule has 0 aromatic carbocycles. The molecule has 1 amide bonds. The smallest absolute Gasteiger partial charge is 0.245 e. The van der Waals surface area contributed by atoms with Crippen LogP contribution in [0.1, 0.15) is 69.4 Å². The van der Waals surface area contributed by atoms with Crippen molar-refractivity contribution in [2.75, 3.05) is 26.2 Å². The van der Waals surface area contributed by atoms with E-state index in [2.05, 4.69) is 4.98 Å². The highest BCUT2D eigenvalue weighted by atomic mass is 35.5. The van der Waals surface area contributed by atoms with E-state index in [9.17, 15) is 13.2 Å². The largest absolute Gasteiger partial charge is 0.340 e. The lowest BCUT2D eigenvalue weighted by Crippen LogP contribution is -2.50. The lowest BCUT2D eigenvalue weighted by atomic mass is 9.83. The molecule has 1 aliphatic heterocycles. The minimum absolute atomic E-state index is 0.161. The SMILES string of the molecule is O=C(CCC1CCCC1)N1CCN(S(=O)(=O)c2cc(Cl)cnc2C2CCC2)CC1. The minimum Gasteiger partial charge on any atom is -0.340 e. The highest BCUT2D eigenvalue weighted by Crippen LogP contribution is 2.39. The second-order valence-electron chi connectivity index (χ2n) is 8.64. The number of carbonyl (C=O) groups is 1. The number of amides is 1. The van der Waals surface area contributed by atoms with Crippen molar-refractivity contribution in [3.05, 3.63) is 23.0 Å². The molecule has 160 valence electrons. The van der Waals surface area contributed by atoms with Gasteiger partial charge in [-0.05, 0) is 31.2 Å². The lowest BCUT2D eigenvalue weighted by molar-refractivity contribution is -0.132. The first-order valence-corrected chi connectivity index (χ1v) is 12.7. The standard InChI is InChI=1S/C21H30ClN3O3S/c22-18-14-19(21(23-15-18)17-6-3-7-17)29(27,28)25-12-10-24(11-13-25)20(26)9-8-16-4-1-2-5-16/h14-17H,1-13H2. The first-order chi connectivity index (χ1) is 13.9. The van der Waals surface area contributed by atoms with Crippen LogP contribution < -0.4 is 0 Å². The molecule has 0 unspecified atom stereocenters. The molecule has 1 aromatic rings. The van der Waals surface area contributed by atoms with E-state index >= 15 is 0 Å². The molecular weight excluding hydrogens is 410 g/mol. The number of hydrogen-bond donors (Lipinski definition) is 0. The topological polar surface area (TPSA) is 70.6 Å². The van der Waals surface area contributed by atoms with Crippen molar-refractivity contribution in [1.29, 1.82) is 0 Å². The number of sulfonamides is 1. The summed E-state index contributed by atoms with van der Waals surface area (Å²) in [5, 5.41) is 0.340. The Morgan fingerprint density at radius 3 is 2.38 bits per heavy atom. The molecule has 0 spiro atoms. The van der Waals surface area contributed by atoms with Crippen molar-refractivity contribution < 1.29 is 13.2 Å². The van der Waals surface area contributed by atoms with Crippen LogP contribution in [0.3, 0.4) is 0 Å². The van der Waals surface area contributed by atoms with Gasteiger partial charge in [0, 0.05) is 44.7 Å². The van der Waals surface area contributed by atoms with Gasteiger partial charge in [-0.2, -0.15) is 4.31 Å². The molecule has 0 N–H and O–H groups in total. The van der Waals surface area contributed by atoms with Crippen LogP contribution in [0.15, 0.2) is 17.2 Å². The van der Waals surface area contributed by atoms with Crippen LogP contribution in [0.5, 0.6) is 0 Å². The first kappa shape index (κ1) is 21.1. The molecule has 8 heteroatoms. The van der Waals surface area contributed by atoms with Crippen LogP contribution in [0.4, 0.5) is 0 Å². The molecule has 2 saturated carbocycles. The van der Waals surface area contributed by atoms with Crippen molar-refractivity contribution in [3.63, 3.8) is 0 Å². The molecule has 1 saturated heterocycles. The summed E-state index contributed by atoms with van der Waals surface area (Å²) in [4.78, 5) is 19.0. The van der Waals surface area contributed by atoms with Crippen LogP contribution in [-0.2, 0) is 14.8 Å². The maximum absolute atomic E-state index is 13.3. The number of aromatic nitrogens is 1. The Bertz CT molecular complexity index is 843. The summed E-state index contributed by atoms with van der Waals surface area (Å²) in [6.45, 7) is 1.56. The van der Waals surface area contributed by atoms with Gasteiger partial charge < -0.3 is 4.90 Å². The summed E-state index contributed by atoms with van der Waals surface area (Å²) < 4.78 is 28.1. The zero-order valence-corrected chi connectivity index (χ0v) is 18.4. The summed E-state index contributed by atoms with van der Waals surface area (Å²) in [6.07, 6.45) is 11.2. The Labute approximate surface area is 178 Å². The van der Waals surface area contributed by atoms with Crippen LogP contribution >= 0.6 is 11.6 Å². The number of halogens is 1. The van der Waals surface area contributed by atoms with Gasteiger partial charge in [0.1, 0.15) is 4.90 Å². The maximum atomic E-state index is 13.3. The van der Waals surface area contributed by atoms with Crippen LogP contribution in [-0.4, -0.2) is 54.7 Å². The fourth-order valence-corrected chi connectivity index (χ4v) is 6.63. The van der Waals surface area contributed by atoms with Crippen molar-refractivity contribution >= 4 is 27.5 Å².